The first-order valence-electron chi connectivity index (χ1n) is 5.55. The van der Waals surface area contributed by atoms with Crippen LogP contribution in [0.15, 0.2) is 42.7 Å². The van der Waals surface area contributed by atoms with Crippen LogP contribution in [0.2, 0.25) is 0 Å². The molecule has 0 fully saturated rings. The van der Waals surface area contributed by atoms with Gasteiger partial charge in [0.25, 0.3) is 0 Å². The highest BCUT2D eigenvalue weighted by Crippen LogP contribution is 2.27. The normalized spacial score (nSPS) is 10.8. The van der Waals surface area contributed by atoms with Gasteiger partial charge in [-0.15, -0.1) is 0 Å². The van der Waals surface area contributed by atoms with Gasteiger partial charge in [0, 0.05) is 0 Å². The number of H-pyrrole nitrogens is 1. The Hall–Kier alpha value is -2.36. The minimum absolute atomic E-state index is 0.251. The molecule has 18 heavy (non-hydrogen) atoms. The molecule has 0 bridgehead atoms. The maximum atomic E-state index is 13.6. The summed E-state index contributed by atoms with van der Waals surface area (Å²) in [6, 6.07) is 10.7. The van der Waals surface area contributed by atoms with Gasteiger partial charge in [-0.05, 0) is 35.4 Å². The summed E-state index contributed by atoms with van der Waals surface area (Å²) in [5.74, 6) is -0.110. The van der Waals surface area contributed by atoms with Crippen molar-refractivity contribution in [3.05, 3.63) is 48.5 Å². The number of nitrogens with one attached hydrogen (secondary N) is 1. The third-order valence-electron chi connectivity index (χ3n) is 2.91. The molecule has 0 atom stereocenters. The van der Waals surface area contributed by atoms with Crippen molar-refractivity contribution >= 4 is 11.0 Å². The van der Waals surface area contributed by atoms with Gasteiger partial charge in [0.1, 0.15) is 0 Å². The molecule has 0 saturated heterocycles. The van der Waals surface area contributed by atoms with Gasteiger partial charge < -0.3 is 9.72 Å². The minimum Gasteiger partial charge on any atom is -0.494 e. The van der Waals surface area contributed by atoms with Crippen LogP contribution < -0.4 is 4.74 Å². The Bertz CT molecular complexity index is 706. The van der Waals surface area contributed by atoms with Gasteiger partial charge in [-0.1, -0.05) is 12.1 Å². The zero-order chi connectivity index (χ0) is 12.5. The number of benzene rings is 2. The van der Waals surface area contributed by atoms with Crippen molar-refractivity contribution in [2.75, 3.05) is 7.11 Å². The van der Waals surface area contributed by atoms with Crippen LogP contribution in [0.3, 0.4) is 0 Å². The van der Waals surface area contributed by atoms with Gasteiger partial charge >= 0.3 is 0 Å². The van der Waals surface area contributed by atoms with Gasteiger partial charge in [0.15, 0.2) is 11.6 Å². The van der Waals surface area contributed by atoms with Crippen molar-refractivity contribution in [1.29, 1.82) is 0 Å². The third-order valence-corrected chi connectivity index (χ3v) is 2.91. The van der Waals surface area contributed by atoms with Gasteiger partial charge in [-0.2, -0.15) is 0 Å². The lowest BCUT2D eigenvalue weighted by atomic mass is 10.0. The average Bonchev–Trinajstić information content (AvgIpc) is 2.85. The second kappa shape index (κ2) is 4.14. The fraction of sp³-hybridized carbons (Fsp3) is 0.0714. The molecule has 0 unspecified atom stereocenters. The Kier molecular flexibility index (Phi) is 2.48. The molecule has 0 aliphatic carbocycles. The second-order valence-electron chi connectivity index (χ2n) is 3.98. The van der Waals surface area contributed by atoms with Crippen LogP contribution in [-0.2, 0) is 0 Å². The Labute approximate surface area is 103 Å². The maximum Gasteiger partial charge on any atom is 0.165 e. The number of rotatable bonds is 2. The van der Waals surface area contributed by atoms with Crippen LogP contribution in [-0.4, -0.2) is 17.1 Å². The summed E-state index contributed by atoms with van der Waals surface area (Å²) in [6.07, 6.45) is 1.64. The van der Waals surface area contributed by atoms with E-state index in [0.717, 1.165) is 22.2 Å². The van der Waals surface area contributed by atoms with E-state index in [-0.39, 0.29) is 11.6 Å². The molecule has 3 aromatic rings. The van der Waals surface area contributed by atoms with E-state index in [9.17, 15) is 4.39 Å². The van der Waals surface area contributed by atoms with Gasteiger partial charge in [0.05, 0.1) is 24.5 Å². The topological polar surface area (TPSA) is 37.9 Å². The molecule has 3 nitrogen and oxygen atoms in total. The zero-order valence-electron chi connectivity index (χ0n) is 9.77. The van der Waals surface area contributed by atoms with Crippen LogP contribution in [0.5, 0.6) is 5.75 Å². The van der Waals surface area contributed by atoms with Gasteiger partial charge in [-0.3, -0.25) is 0 Å². The molecule has 2 aromatic carbocycles. The van der Waals surface area contributed by atoms with Gasteiger partial charge in [-0.25, -0.2) is 9.37 Å². The van der Waals surface area contributed by atoms with Crippen molar-refractivity contribution in [3.63, 3.8) is 0 Å². The summed E-state index contributed by atoms with van der Waals surface area (Å²) in [5, 5.41) is 0. The predicted molar refractivity (Wildman–Crippen MR) is 68.0 cm³/mol. The first kappa shape index (κ1) is 10.8. The lowest BCUT2D eigenvalue weighted by Crippen LogP contribution is -1.88. The summed E-state index contributed by atoms with van der Waals surface area (Å²) < 4.78 is 18.5. The summed E-state index contributed by atoms with van der Waals surface area (Å²) in [6.45, 7) is 0. The molecule has 3 rings (SSSR count). The van der Waals surface area contributed by atoms with E-state index < -0.39 is 0 Å². The average molecular weight is 242 g/mol. The lowest BCUT2D eigenvalue weighted by Gasteiger charge is -2.05. The Morgan fingerprint density at radius 3 is 2.67 bits per heavy atom. The standard InChI is InChI=1S/C14H11FN2O/c1-18-14-5-3-9(6-11(14)15)10-2-4-12-13(7-10)17-8-16-12/h2-8H,1H3,(H,16,17). The highest BCUT2D eigenvalue weighted by atomic mass is 19.1. The largest absolute Gasteiger partial charge is 0.494 e. The number of ether oxygens (including phenoxy) is 1. The lowest BCUT2D eigenvalue weighted by molar-refractivity contribution is 0.386. The summed E-state index contributed by atoms with van der Waals surface area (Å²) in [5.41, 5.74) is 3.58. The Balaban J connectivity index is 2.10. The highest BCUT2D eigenvalue weighted by Gasteiger charge is 2.06. The van der Waals surface area contributed by atoms with Crippen molar-refractivity contribution in [3.8, 4) is 16.9 Å². The molecule has 0 spiro atoms. The maximum absolute atomic E-state index is 13.6. The zero-order valence-corrected chi connectivity index (χ0v) is 9.77. The number of fused-ring (bicyclic) bond motifs is 1. The van der Waals surface area contributed by atoms with Crippen LogP contribution >= 0.6 is 0 Å². The number of halogens is 1. The summed E-state index contributed by atoms with van der Waals surface area (Å²) in [7, 11) is 1.45. The molecule has 1 aromatic heterocycles. The highest BCUT2D eigenvalue weighted by molar-refractivity contribution is 5.81. The fourth-order valence-electron chi connectivity index (χ4n) is 1.96. The van der Waals surface area contributed by atoms with Crippen LogP contribution in [0.4, 0.5) is 4.39 Å². The third kappa shape index (κ3) is 1.72. The molecule has 4 heteroatoms. The molecule has 1 heterocycles. The Morgan fingerprint density at radius 1 is 1.11 bits per heavy atom. The minimum atomic E-state index is -0.361. The van der Waals surface area contributed by atoms with Crippen molar-refractivity contribution in [2.45, 2.75) is 0 Å². The fourth-order valence-corrected chi connectivity index (χ4v) is 1.96. The molecule has 1 N–H and O–H groups in total. The summed E-state index contributed by atoms with van der Waals surface area (Å²) in [4.78, 5) is 7.19. The summed E-state index contributed by atoms with van der Waals surface area (Å²) >= 11 is 0. The quantitative estimate of drug-likeness (QED) is 0.748. The SMILES string of the molecule is COc1ccc(-c2ccc3nc[nH]c3c2)cc1F. The number of hydrogen-bond donors (Lipinski definition) is 1. The molecule has 0 amide bonds. The van der Waals surface area contributed by atoms with Crippen LogP contribution in [0.25, 0.3) is 22.2 Å². The van der Waals surface area contributed by atoms with E-state index in [4.69, 9.17) is 4.74 Å². The first-order chi connectivity index (χ1) is 8.78. The number of imidazole rings is 1. The van der Waals surface area contributed by atoms with E-state index in [1.54, 1.807) is 12.4 Å². The number of methoxy groups -OCH3 is 1. The predicted octanol–water partition coefficient (Wildman–Crippen LogP) is 3.38. The van der Waals surface area contributed by atoms with Crippen LogP contribution in [0, 0.1) is 5.82 Å². The van der Waals surface area contributed by atoms with Gasteiger partial charge in [0.2, 0.25) is 0 Å². The molecule has 0 aliphatic heterocycles. The van der Waals surface area contributed by atoms with Crippen LogP contribution in [0.1, 0.15) is 0 Å². The Morgan fingerprint density at radius 2 is 1.89 bits per heavy atom. The van der Waals surface area contributed by atoms with Crippen molar-refractivity contribution in [2.24, 2.45) is 0 Å². The molecule has 0 saturated carbocycles. The van der Waals surface area contributed by atoms with E-state index in [0.29, 0.717) is 0 Å². The molecule has 0 aliphatic rings. The molecular formula is C14H11FN2O. The molecule has 0 radical (unpaired) electrons. The molecule has 90 valence electrons. The monoisotopic (exact) mass is 242 g/mol. The van der Waals surface area contributed by atoms with Crippen molar-refractivity contribution < 1.29 is 9.13 Å². The molecular weight excluding hydrogens is 231 g/mol. The first-order valence-corrected chi connectivity index (χ1v) is 5.55. The second-order valence-corrected chi connectivity index (χ2v) is 3.98. The smallest absolute Gasteiger partial charge is 0.165 e. The van der Waals surface area contributed by atoms with E-state index in [1.165, 1.54) is 13.2 Å². The number of hydrogen-bond acceptors (Lipinski definition) is 2. The van der Waals surface area contributed by atoms with E-state index >= 15 is 0 Å². The van der Waals surface area contributed by atoms with E-state index in [2.05, 4.69) is 9.97 Å². The van der Waals surface area contributed by atoms with Crippen molar-refractivity contribution in [1.82, 2.24) is 9.97 Å². The number of nitrogens with zero attached hydrogens (tertiary/aromatic N) is 1. The number of aromatic nitrogens is 2. The van der Waals surface area contributed by atoms with E-state index in [1.807, 2.05) is 24.3 Å². The number of aromatic amines is 1.